The highest BCUT2D eigenvalue weighted by Gasteiger charge is 2.08. The van der Waals surface area contributed by atoms with Crippen molar-refractivity contribution in [1.82, 2.24) is 21.3 Å². The lowest BCUT2D eigenvalue weighted by atomic mass is 10.2. The number of urea groups is 2. The molecule has 0 radical (unpaired) electrons. The van der Waals surface area contributed by atoms with Crippen LogP contribution in [-0.4, -0.2) is 48.5 Å². The molecule has 0 atom stereocenters. The van der Waals surface area contributed by atoms with Crippen LogP contribution in [0.5, 0.6) is 0 Å². The molecule has 6 amide bonds. The number of hydrogen-bond donors (Lipinski definition) is 4. The molecule has 0 saturated carbocycles. The number of imide groups is 2. The molecule has 0 unspecified atom stereocenters. The molecule has 0 saturated heterocycles. The van der Waals surface area contributed by atoms with Gasteiger partial charge in [-0.15, -0.1) is 0 Å². The molecule has 0 spiro atoms. The first-order chi connectivity index (χ1) is 13.0. The van der Waals surface area contributed by atoms with E-state index in [9.17, 15) is 19.2 Å². The third-order valence-corrected chi connectivity index (χ3v) is 5.59. The normalized spacial score (nSPS) is 10.1. The molecule has 0 fully saturated rings. The van der Waals surface area contributed by atoms with Crippen LogP contribution in [0.1, 0.15) is 58.8 Å². The Hall–Kier alpha value is -1.42. The summed E-state index contributed by atoms with van der Waals surface area (Å²) in [6.07, 6.45) is 6.25. The number of rotatable bonds is 14. The molecular weight excluding hydrogens is 388 g/mol. The summed E-state index contributed by atoms with van der Waals surface area (Å²) in [5.41, 5.74) is 0. The van der Waals surface area contributed by atoms with Crippen molar-refractivity contribution < 1.29 is 19.2 Å². The molecular formula is C17H32N4O4S2. The number of nitrogens with one attached hydrogen (secondary N) is 4. The maximum atomic E-state index is 11.6. The molecule has 8 nitrogen and oxygen atoms in total. The van der Waals surface area contributed by atoms with Gasteiger partial charge < -0.3 is 10.6 Å². The molecule has 0 rings (SSSR count). The largest absolute Gasteiger partial charge is 0.338 e. The van der Waals surface area contributed by atoms with Crippen molar-refractivity contribution in [3.05, 3.63) is 0 Å². The highest BCUT2D eigenvalue weighted by molar-refractivity contribution is 8.76. The van der Waals surface area contributed by atoms with E-state index in [-0.39, 0.29) is 17.6 Å². The van der Waals surface area contributed by atoms with Crippen LogP contribution in [0.3, 0.4) is 0 Å². The van der Waals surface area contributed by atoms with Gasteiger partial charge in [0.1, 0.15) is 0 Å². The smallest absolute Gasteiger partial charge is 0.321 e. The first-order valence-corrected chi connectivity index (χ1v) is 11.9. The second kappa shape index (κ2) is 18.0. The van der Waals surface area contributed by atoms with Crippen LogP contribution in [0.25, 0.3) is 0 Å². The Morgan fingerprint density at radius 2 is 1.33 bits per heavy atom. The van der Waals surface area contributed by atoms with Crippen LogP contribution in [-0.2, 0) is 9.59 Å². The van der Waals surface area contributed by atoms with E-state index >= 15 is 0 Å². The minimum Gasteiger partial charge on any atom is -0.338 e. The van der Waals surface area contributed by atoms with Crippen molar-refractivity contribution in [2.75, 3.05) is 24.6 Å². The monoisotopic (exact) mass is 420 g/mol. The number of carbonyl (C=O) groups excluding carboxylic acids is 4. The Bertz CT molecular complexity index is 464. The van der Waals surface area contributed by atoms with E-state index in [0.29, 0.717) is 25.3 Å². The quantitative estimate of drug-likeness (QED) is 0.254. The van der Waals surface area contributed by atoms with Crippen molar-refractivity contribution in [1.29, 1.82) is 0 Å². The van der Waals surface area contributed by atoms with Crippen LogP contribution in [0.2, 0.25) is 0 Å². The van der Waals surface area contributed by atoms with Gasteiger partial charge in [-0.3, -0.25) is 20.2 Å². The van der Waals surface area contributed by atoms with Crippen LogP contribution in [0.4, 0.5) is 9.59 Å². The fourth-order valence-corrected chi connectivity index (χ4v) is 3.63. The van der Waals surface area contributed by atoms with Crippen LogP contribution >= 0.6 is 21.6 Å². The number of carbonyl (C=O) groups is 4. The third kappa shape index (κ3) is 17.7. The summed E-state index contributed by atoms with van der Waals surface area (Å²) in [5.74, 6) is 0.0933. The minimum absolute atomic E-state index is 0.148. The summed E-state index contributed by atoms with van der Waals surface area (Å²) in [5, 5.41) is 9.77. The van der Waals surface area contributed by atoms with E-state index in [4.69, 9.17) is 0 Å². The van der Waals surface area contributed by atoms with E-state index in [1.54, 1.807) is 0 Å². The Labute approximate surface area is 169 Å². The van der Waals surface area contributed by atoms with Crippen molar-refractivity contribution in [2.45, 2.75) is 58.8 Å². The number of hydrogen-bond acceptors (Lipinski definition) is 6. The van der Waals surface area contributed by atoms with Crippen molar-refractivity contribution >= 4 is 45.5 Å². The first kappa shape index (κ1) is 25.6. The van der Waals surface area contributed by atoms with Crippen molar-refractivity contribution in [3.8, 4) is 0 Å². The number of unbranched alkanes of at least 4 members (excludes halogenated alkanes) is 4. The van der Waals surface area contributed by atoms with Crippen LogP contribution in [0, 0.1) is 0 Å². The Kier molecular flexibility index (Phi) is 17.0. The zero-order valence-corrected chi connectivity index (χ0v) is 17.9. The van der Waals surface area contributed by atoms with Gasteiger partial charge in [0.05, 0.1) is 5.75 Å². The predicted molar refractivity (Wildman–Crippen MR) is 112 cm³/mol. The molecule has 0 aliphatic rings. The Morgan fingerprint density at radius 3 is 2.00 bits per heavy atom. The molecule has 0 bridgehead atoms. The van der Waals surface area contributed by atoms with E-state index in [2.05, 4.69) is 28.2 Å². The molecule has 0 aromatic carbocycles. The third-order valence-electron chi connectivity index (χ3n) is 3.32. The molecule has 0 aromatic rings. The van der Waals surface area contributed by atoms with Crippen molar-refractivity contribution in [3.63, 3.8) is 0 Å². The van der Waals surface area contributed by atoms with E-state index < -0.39 is 12.1 Å². The van der Waals surface area contributed by atoms with Gasteiger partial charge in [-0.05, 0) is 12.8 Å². The zero-order chi connectivity index (χ0) is 20.3. The highest BCUT2D eigenvalue weighted by Crippen LogP contribution is 2.19. The SMILES string of the molecule is CCCCCCNC(=O)NC(=O)CSSCCNC(=O)NC(=O)CCCC. The lowest BCUT2D eigenvalue weighted by Crippen LogP contribution is -2.40. The van der Waals surface area contributed by atoms with Crippen molar-refractivity contribution in [2.24, 2.45) is 0 Å². The zero-order valence-electron chi connectivity index (χ0n) is 16.2. The lowest BCUT2D eigenvalue weighted by molar-refractivity contribution is -0.120. The van der Waals surface area contributed by atoms with Gasteiger partial charge in [0.25, 0.3) is 0 Å². The molecule has 0 aliphatic carbocycles. The summed E-state index contributed by atoms with van der Waals surface area (Å²) in [6.45, 7) is 5.04. The van der Waals surface area contributed by atoms with E-state index in [1.165, 1.54) is 21.6 Å². The summed E-state index contributed by atoms with van der Waals surface area (Å²) in [4.78, 5) is 45.9. The van der Waals surface area contributed by atoms with Gasteiger partial charge in [0, 0.05) is 25.3 Å². The topological polar surface area (TPSA) is 116 Å². The second-order valence-corrected chi connectivity index (χ2v) is 8.44. The fraction of sp³-hybridized carbons (Fsp3) is 0.765. The van der Waals surface area contributed by atoms with Gasteiger partial charge in [0.15, 0.2) is 0 Å². The maximum absolute atomic E-state index is 11.6. The minimum atomic E-state index is -0.505. The standard InChI is InChI=1S/C17H32N4O4S2/c1-3-5-7-8-10-18-16(24)21-15(23)13-27-26-12-11-19-17(25)20-14(22)9-6-4-2/h3-13H2,1-2H3,(H2,18,21,23,24)(H2,19,20,22,25). The van der Waals surface area contributed by atoms with Gasteiger partial charge in [-0.2, -0.15) is 0 Å². The lowest BCUT2D eigenvalue weighted by Gasteiger charge is -2.07. The average molecular weight is 421 g/mol. The van der Waals surface area contributed by atoms with Gasteiger partial charge >= 0.3 is 12.1 Å². The van der Waals surface area contributed by atoms with Crippen LogP contribution < -0.4 is 21.3 Å². The maximum Gasteiger partial charge on any atom is 0.321 e. The van der Waals surface area contributed by atoms with Crippen LogP contribution in [0.15, 0.2) is 0 Å². The summed E-state index contributed by atoms with van der Waals surface area (Å²) in [7, 11) is 2.71. The molecule has 0 aromatic heterocycles. The highest BCUT2D eigenvalue weighted by atomic mass is 33.1. The molecule has 0 aliphatic heterocycles. The van der Waals surface area contributed by atoms with Gasteiger partial charge in [-0.1, -0.05) is 61.1 Å². The molecule has 0 heterocycles. The predicted octanol–water partition coefficient (Wildman–Crippen LogP) is 2.79. The van der Waals surface area contributed by atoms with Gasteiger partial charge in [-0.25, -0.2) is 9.59 Å². The number of amides is 6. The Balaban J connectivity index is 3.55. The molecule has 10 heteroatoms. The summed E-state index contributed by atoms with van der Waals surface area (Å²) in [6, 6.07) is -0.969. The van der Waals surface area contributed by atoms with E-state index in [1.807, 2.05) is 6.92 Å². The summed E-state index contributed by atoms with van der Waals surface area (Å²) >= 11 is 0. The Morgan fingerprint density at radius 1 is 0.704 bits per heavy atom. The second-order valence-electron chi connectivity index (χ2n) is 5.86. The first-order valence-electron chi connectivity index (χ1n) is 9.39. The summed E-state index contributed by atoms with van der Waals surface area (Å²) < 4.78 is 0. The molecule has 4 N–H and O–H groups in total. The average Bonchev–Trinajstić information content (AvgIpc) is 2.62. The van der Waals surface area contributed by atoms with E-state index in [0.717, 1.165) is 38.5 Å². The fourth-order valence-electron chi connectivity index (χ4n) is 1.89. The molecule has 27 heavy (non-hydrogen) atoms. The molecule has 156 valence electrons. The van der Waals surface area contributed by atoms with Gasteiger partial charge in [0.2, 0.25) is 11.8 Å².